The molecule has 0 bridgehead atoms. The molecule has 0 fully saturated rings. The van der Waals surface area contributed by atoms with E-state index < -0.39 is 10.0 Å². The van der Waals surface area contributed by atoms with Crippen molar-refractivity contribution < 1.29 is 13.2 Å². The zero-order valence-corrected chi connectivity index (χ0v) is 14.1. The van der Waals surface area contributed by atoms with E-state index in [1.54, 1.807) is 18.3 Å². The van der Waals surface area contributed by atoms with Gasteiger partial charge in [-0.05, 0) is 30.3 Å². The molecule has 0 unspecified atom stereocenters. The van der Waals surface area contributed by atoms with Gasteiger partial charge in [-0.25, -0.2) is 12.7 Å². The SMILES string of the molecule is CN(C)S(=O)(=O)c1ccc(NC(=O)c2c[nH]c3ccccc23)cc1. The van der Waals surface area contributed by atoms with Crippen LogP contribution in [0.15, 0.2) is 59.6 Å². The molecular formula is C17H17N3O3S. The lowest BCUT2D eigenvalue weighted by Gasteiger charge is -2.12. The molecule has 2 aromatic carbocycles. The van der Waals surface area contributed by atoms with E-state index >= 15 is 0 Å². The number of carbonyl (C=O) groups excluding carboxylic acids is 1. The predicted molar refractivity (Wildman–Crippen MR) is 93.6 cm³/mol. The third kappa shape index (κ3) is 2.91. The summed E-state index contributed by atoms with van der Waals surface area (Å²) in [7, 11) is -0.530. The highest BCUT2D eigenvalue weighted by Gasteiger charge is 2.17. The van der Waals surface area contributed by atoms with Gasteiger partial charge in [0.2, 0.25) is 10.0 Å². The zero-order valence-electron chi connectivity index (χ0n) is 13.3. The molecule has 0 radical (unpaired) electrons. The fraction of sp³-hybridized carbons (Fsp3) is 0.118. The standard InChI is InChI=1S/C17H17N3O3S/c1-20(2)24(22,23)13-9-7-12(8-10-13)19-17(21)15-11-18-16-6-4-3-5-14(15)16/h3-11,18H,1-2H3,(H,19,21). The first-order chi connectivity index (χ1) is 11.4. The summed E-state index contributed by atoms with van der Waals surface area (Å²) in [6, 6.07) is 13.6. The van der Waals surface area contributed by atoms with Crippen LogP contribution in [0.3, 0.4) is 0 Å². The molecule has 0 atom stereocenters. The lowest BCUT2D eigenvalue weighted by atomic mass is 10.1. The number of nitrogens with zero attached hydrogens (tertiary/aromatic N) is 1. The average Bonchev–Trinajstić information content (AvgIpc) is 2.99. The molecule has 0 spiro atoms. The zero-order chi connectivity index (χ0) is 17.3. The van der Waals surface area contributed by atoms with Crippen molar-refractivity contribution in [3.8, 4) is 0 Å². The predicted octanol–water partition coefficient (Wildman–Crippen LogP) is 2.67. The number of benzene rings is 2. The molecule has 124 valence electrons. The minimum absolute atomic E-state index is 0.178. The van der Waals surface area contributed by atoms with Gasteiger partial charge in [-0.3, -0.25) is 4.79 Å². The number of amides is 1. The molecule has 1 heterocycles. The highest BCUT2D eigenvalue weighted by Crippen LogP contribution is 2.20. The topological polar surface area (TPSA) is 82.3 Å². The lowest BCUT2D eigenvalue weighted by molar-refractivity contribution is 0.102. The second kappa shape index (κ2) is 6.10. The summed E-state index contributed by atoms with van der Waals surface area (Å²) < 4.78 is 25.2. The molecule has 0 aliphatic carbocycles. The Labute approximate surface area is 140 Å². The van der Waals surface area contributed by atoms with Gasteiger partial charge in [0.1, 0.15) is 0 Å². The van der Waals surface area contributed by atoms with E-state index in [1.165, 1.54) is 26.2 Å². The highest BCUT2D eigenvalue weighted by atomic mass is 32.2. The fourth-order valence-corrected chi connectivity index (χ4v) is 3.28. The van der Waals surface area contributed by atoms with Crippen LogP contribution in [0.25, 0.3) is 10.9 Å². The molecule has 7 heteroatoms. The van der Waals surface area contributed by atoms with Gasteiger partial charge in [-0.15, -0.1) is 0 Å². The number of nitrogens with one attached hydrogen (secondary N) is 2. The van der Waals surface area contributed by atoms with Crippen LogP contribution < -0.4 is 5.32 Å². The number of fused-ring (bicyclic) bond motifs is 1. The van der Waals surface area contributed by atoms with E-state index in [4.69, 9.17) is 0 Å². The number of para-hydroxylation sites is 1. The summed E-state index contributed by atoms with van der Waals surface area (Å²) in [4.78, 5) is 15.7. The van der Waals surface area contributed by atoms with Crippen molar-refractivity contribution in [1.29, 1.82) is 0 Å². The summed E-state index contributed by atoms with van der Waals surface area (Å²) in [5.41, 5.74) is 1.95. The van der Waals surface area contributed by atoms with Gasteiger partial charge in [0.05, 0.1) is 10.5 Å². The van der Waals surface area contributed by atoms with Gasteiger partial charge in [0.25, 0.3) is 5.91 Å². The first kappa shape index (κ1) is 16.2. The van der Waals surface area contributed by atoms with Crippen LogP contribution in [0.4, 0.5) is 5.69 Å². The Morgan fingerprint density at radius 3 is 2.38 bits per heavy atom. The molecule has 0 saturated heterocycles. The molecule has 24 heavy (non-hydrogen) atoms. The molecule has 0 aliphatic heterocycles. The monoisotopic (exact) mass is 343 g/mol. The summed E-state index contributed by atoms with van der Waals surface area (Å²) in [6.07, 6.45) is 1.66. The number of hydrogen-bond acceptors (Lipinski definition) is 3. The first-order valence-electron chi connectivity index (χ1n) is 7.29. The number of aromatic amines is 1. The van der Waals surface area contributed by atoms with E-state index in [1.807, 2.05) is 24.3 Å². The second-order valence-corrected chi connectivity index (χ2v) is 7.67. The van der Waals surface area contributed by atoms with Crippen molar-refractivity contribution >= 4 is 32.5 Å². The van der Waals surface area contributed by atoms with E-state index in [0.717, 1.165) is 15.2 Å². The quantitative estimate of drug-likeness (QED) is 0.764. The van der Waals surface area contributed by atoms with Crippen molar-refractivity contribution in [3.05, 3.63) is 60.3 Å². The van der Waals surface area contributed by atoms with Gasteiger partial charge in [-0.1, -0.05) is 18.2 Å². The van der Waals surface area contributed by atoms with Crippen LogP contribution in [-0.4, -0.2) is 37.7 Å². The van der Waals surface area contributed by atoms with Gasteiger partial charge >= 0.3 is 0 Å². The number of hydrogen-bond donors (Lipinski definition) is 2. The summed E-state index contributed by atoms with van der Waals surface area (Å²) in [5.74, 6) is -0.254. The highest BCUT2D eigenvalue weighted by molar-refractivity contribution is 7.89. The van der Waals surface area contributed by atoms with Crippen molar-refractivity contribution in [3.63, 3.8) is 0 Å². The maximum atomic E-state index is 12.4. The van der Waals surface area contributed by atoms with Crippen LogP contribution >= 0.6 is 0 Å². The van der Waals surface area contributed by atoms with Crippen LogP contribution in [0.2, 0.25) is 0 Å². The van der Waals surface area contributed by atoms with Crippen molar-refractivity contribution in [2.45, 2.75) is 4.90 Å². The summed E-state index contributed by atoms with van der Waals surface area (Å²) in [6.45, 7) is 0. The Morgan fingerprint density at radius 2 is 1.71 bits per heavy atom. The van der Waals surface area contributed by atoms with E-state index in [2.05, 4.69) is 10.3 Å². The molecule has 1 aromatic heterocycles. The first-order valence-corrected chi connectivity index (χ1v) is 8.73. The van der Waals surface area contributed by atoms with Crippen LogP contribution in [0.1, 0.15) is 10.4 Å². The minimum Gasteiger partial charge on any atom is -0.360 e. The molecule has 3 aromatic rings. The number of carbonyl (C=O) groups is 1. The molecule has 0 saturated carbocycles. The number of aromatic nitrogens is 1. The van der Waals surface area contributed by atoms with Crippen molar-refractivity contribution in [1.82, 2.24) is 9.29 Å². The average molecular weight is 343 g/mol. The van der Waals surface area contributed by atoms with E-state index in [0.29, 0.717) is 11.3 Å². The van der Waals surface area contributed by atoms with Gasteiger partial charge in [-0.2, -0.15) is 0 Å². The number of H-pyrrole nitrogens is 1. The van der Waals surface area contributed by atoms with Crippen molar-refractivity contribution in [2.24, 2.45) is 0 Å². The third-order valence-electron chi connectivity index (χ3n) is 3.72. The number of sulfonamides is 1. The Hall–Kier alpha value is -2.64. The Bertz CT molecular complexity index is 989. The molecule has 1 amide bonds. The minimum atomic E-state index is -3.48. The van der Waals surface area contributed by atoms with E-state index in [9.17, 15) is 13.2 Å². The van der Waals surface area contributed by atoms with Gasteiger partial charge in [0, 0.05) is 36.9 Å². The van der Waals surface area contributed by atoms with Crippen LogP contribution in [0.5, 0.6) is 0 Å². The number of anilines is 1. The van der Waals surface area contributed by atoms with Crippen LogP contribution in [-0.2, 0) is 10.0 Å². The molecule has 3 rings (SSSR count). The second-order valence-electron chi connectivity index (χ2n) is 5.51. The van der Waals surface area contributed by atoms with E-state index in [-0.39, 0.29) is 10.8 Å². The summed E-state index contributed by atoms with van der Waals surface area (Å²) in [5, 5.41) is 3.61. The largest absolute Gasteiger partial charge is 0.360 e. The summed E-state index contributed by atoms with van der Waals surface area (Å²) >= 11 is 0. The van der Waals surface area contributed by atoms with Gasteiger partial charge in [0.15, 0.2) is 0 Å². The van der Waals surface area contributed by atoms with Gasteiger partial charge < -0.3 is 10.3 Å². The van der Waals surface area contributed by atoms with Crippen LogP contribution in [0, 0.1) is 0 Å². The third-order valence-corrected chi connectivity index (χ3v) is 5.55. The molecule has 2 N–H and O–H groups in total. The lowest BCUT2D eigenvalue weighted by Crippen LogP contribution is -2.22. The number of rotatable bonds is 4. The molecular weight excluding hydrogens is 326 g/mol. The maximum absolute atomic E-state index is 12.4. The maximum Gasteiger partial charge on any atom is 0.257 e. The molecule has 6 nitrogen and oxygen atoms in total. The smallest absolute Gasteiger partial charge is 0.257 e. The normalized spacial score (nSPS) is 11.8. The molecule has 0 aliphatic rings. The van der Waals surface area contributed by atoms with Crippen molar-refractivity contribution in [2.75, 3.05) is 19.4 Å². The fourth-order valence-electron chi connectivity index (χ4n) is 2.38. The Morgan fingerprint density at radius 1 is 1.04 bits per heavy atom. The Kier molecular flexibility index (Phi) is 4.13. The Balaban J connectivity index is 1.83.